The molecule has 1 aliphatic heterocycles. The van der Waals surface area contributed by atoms with Crippen LogP contribution in [0.15, 0.2) is 0 Å². The molecule has 1 atom stereocenters. The third kappa shape index (κ3) is 2.90. The van der Waals surface area contributed by atoms with Crippen molar-refractivity contribution in [2.75, 3.05) is 31.9 Å². The molecule has 5 nitrogen and oxygen atoms in total. The highest BCUT2D eigenvalue weighted by Crippen LogP contribution is 2.24. The zero-order chi connectivity index (χ0) is 14.0. The first-order valence-electron chi connectivity index (χ1n) is 6.83. The number of nitrogens with two attached hydrogens (primary N) is 1. The van der Waals surface area contributed by atoms with Crippen LogP contribution in [0.3, 0.4) is 0 Å². The molecule has 1 aliphatic rings. The van der Waals surface area contributed by atoms with Crippen LogP contribution in [0.1, 0.15) is 35.6 Å². The highest BCUT2D eigenvalue weighted by Gasteiger charge is 2.31. The van der Waals surface area contributed by atoms with Crippen molar-refractivity contribution in [3.8, 4) is 0 Å². The molecule has 1 amide bonds. The van der Waals surface area contributed by atoms with Gasteiger partial charge in [0.1, 0.15) is 4.88 Å². The van der Waals surface area contributed by atoms with Crippen LogP contribution in [-0.4, -0.2) is 52.9 Å². The Bertz CT molecular complexity index is 455. The number of aromatic nitrogens is 1. The molecule has 0 aliphatic carbocycles. The summed E-state index contributed by atoms with van der Waals surface area (Å²) in [6.07, 6.45) is 1.06. The molecule has 0 aromatic carbocycles. The standard InChI is InChI=1S/C13H22N4OS/c1-4-16(5-2)10-6-7-17(8-10)12(18)11-9(3)15-13(14)19-11/h10H,4-8H2,1-3H3,(H2,14,15). The number of thiazole rings is 1. The maximum atomic E-state index is 12.4. The lowest BCUT2D eigenvalue weighted by Gasteiger charge is -2.26. The zero-order valence-electron chi connectivity index (χ0n) is 11.8. The summed E-state index contributed by atoms with van der Waals surface area (Å²) in [5.41, 5.74) is 6.41. The Morgan fingerprint density at radius 3 is 2.74 bits per heavy atom. The average Bonchev–Trinajstić information content (AvgIpc) is 2.97. The summed E-state index contributed by atoms with van der Waals surface area (Å²) in [4.78, 5) is 21.6. The predicted molar refractivity (Wildman–Crippen MR) is 78.5 cm³/mol. The second-order valence-corrected chi connectivity index (χ2v) is 5.91. The zero-order valence-corrected chi connectivity index (χ0v) is 12.7. The molecule has 0 radical (unpaired) electrons. The van der Waals surface area contributed by atoms with E-state index in [4.69, 9.17) is 5.73 Å². The van der Waals surface area contributed by atoms with E-state index in [1.165, 1.54) is 11.3 Å². The van der Waals surface area contributed by atoms with E-state index in [0.29, 0.717) is 16.1 Å². The lowest BCUT2D eigenvalue weighted by atomic mass is 10.2. The second kappa shape index (κ2) is 5.88. The number of likely N-dealkylation sites (N-methyl/N-ethyl adjacent to an activating group) is 1. The van der Waals surface area contributed by atoms with Crippen LogP contribution in [0.2, 0.25) is 0 Å². The summed E-state index contributed by atoms with van der Waals surface area (Å²) in [6.45, 7) is 9.91. The Morgan fingerprint density at radius 1 is 1.53 bits per heavy atom. The lowest BCUT2D eigenvalue weighted by Crippen LogP contribution is -2.38. The van der Waals surface area contributed by atoms with Crippen LogP contribution < -0.4 is 5.73 Å². The van der Waals surface area contributed by atoms with Gasteiger partial charge < -0.3 is 10.6 Å². The lowest BCUT2D eigenvalue weighted by molar-refractivity contribution is 0.0782. The molecule has 1 aromatic heterocycles. The van der Waals surface area contributed by atoms with E-state index in [0.717, 1.165) is 38.3 Å². The van der Waals surface area contributed by atoms with Crippen molar-refractivity contribution in [1.29, 1.82) is 0 Å². The Hall–Kier alpha value is -1.14. The molecule has 6 heteroatoms. The van der Waals surface area contributed by atoms with Crippen molar-refractivity contribution in [3.63, 3.8) is 0 Å². The largest absolute Gasteiger partial charge is 0.375 e. The molecule has 1 unspecified atom stereocenters. The molecule has 2 rings (SSSR count). The van der Waals surface area contributed by atoms with Crippen molar-refractivity contribution >= 4 is 22.4 Å². The molecule has 1 saturated heterocycles. The van der Waals surface area contributed by atoms with Gasteiger partial charge in [-0.1, -0.05) is 25.2 Å². The molecule has 0 spiro atoms. The van der Waals surface area contributed by atoms with Gasteiger partial charge in [-0.2, -0.15) is 0 Å². The molecule has 2 N–H and O–H groups in total. The fourth-order valence-corrected chi connectivity index (χ4v) is 3.53. The smallest absolute Gasteiger partial charge is 0.265 e. The van der Waals surface area contributed by atoms with Crippen molar-refractivity contribution in [2.45, 2.75) is 33.2 Å². The maximum Gasteiger partial charge on any atom is 0.265 e. The fourth-order valence-electron chi connectivity index (χ4n) is 2.72. The van der Waals surface area contributed by atoms with Gasteiger partial charge in [0.2, 0.25) is 0 Å². The van der Waals surface area contributed by atoms with Crippen LogP contribution in [0.4, 0.5) is 5.13 Å². The van der Waals surface area contributed by atoms with Gasteiger partial charge in [0.05, 0.1) is 5.69 Å². The van der Waals surface area contributed by atoms with Gasteiger partial charge in [-0.15, -0.1) is 0 Å². The highest BCUT2D eigenvalue weighted by molar-refractivity contribution is 7.17. The molecular formula is C13H22N4OS. The SMILES string of the molecule is CCN(CC)C1CCN(C(=O)c2sc(N)nc2C)C1. The van der Waals surface area contributed by atoms with Gasteiger partial charge in [0.15, 0.2) is 5.13 Å². The summed E-state index contributed by atoms with van der Waals surface area (Å²) in [5, 5.41) is 0.473. The predicted octanol–water partition coefficient (Wildman–Crippen LogP) is 1.59. The number of amides is 1. The van der Waals surface area contributed by atoms with E-state index >= 15 is 0 Å². The van der Waals surface area contributed by atoms with E-state index < -0.39 is 0 Å². The number of carbonyl (C=O) groups excluding carboxylic acids is 1. The molecular weight excluding hydrogens is 260 g/mol. The van der Waals surface area contributed by atoms with Crippen LogP contribution in [0.25, 0.3) is 0 Å². The van der Waals surface area contributed by atoms with E-state index in [1.54, 1.807) is 0 Å². The summed E-state index contributed by atoms with van der Waals surface area (Å²) >= 11 is 1.29. The van der Waals surface area contributed by atoms with Crippen molar-refractivity contribution in [2.24, 2.45) is 0 Å². The number of hydrogen-bond acceptors (Lipinski definition) is 5. The number of rotatable bonds is 4. The summed E-state index contributed by atoms with van der Waals surface area (Å²) in [5.74, 6) is 0.0846. The number of nitrogen functional groups attached to an aromatic ring is 1. The summed E-state index contributed by atoms with van der Waals surface area (Å²) in [7, 11) is 0. The van der Waals surface area contributed by atoms with Gasteiger partial charge in [-0.05, 0) is 26.4 Å². The van der Waals surface area contributed by atoms with Gasteiger partial charge in [-0.3, -0.25) is 9.69 Å². The molecule has 106 valence electrons. The molecule has 19 heavy (non-hydrogen) atoms. The second-order valence-electron chi connectivity index (χ2n) is 4.88. The third-order valence-corrected chi connectivity index (χ3v) is 4.76. The Kier molecular flexibility index (Phi) is 4.42. The summed E-state index contributed by atoms with van der Waals surface area (Å²) < 4.78 is 0. The summed E-state index contributed by atoms with van der Waals surface area (Å²) in [6, 6.07) is 0.490. The van der Waals surface area contributed by atoms with E-state index in [2.05, 4.69) is 23.7 Å². The normalized spacial score (nSPS) is 19.4. The molecule has 2 heterocycles. The Morgan fingerprint density at radius 2 is 2.21 bits per heavy atom. The number of carbonyl (C=O) groups is 1. The molecule has 1 fully saturated rings. The van der Waals surface area contributed by atoms with Crippen LogP contribution in [0, 0.1) is 6.92 Å². The van der Waals surface area contributed by atoms with Gasteiger partial charge in [0.25, 0.3) is 5.91 Å². The average molecular weight is 282 g/mol. The van der Waals surface area contributed by atoms with Gasteiger partial charge in [-0.25, -0.2) is 4.98 Å². The monoisotopic (exact) mass is 282 g/mol. The molecule has 0 saturated carbocycles. The van der Waals surface area contributed by atoms with E-state index in [-0.39, 0.29) is 5.91 Å². The number of nitrogens with zero attached hydrogens (tertiary/aromatic N) is 3. The van der Waals surface area contributed by atoms with Crippen molar-refractivity contribution in [1.82, 2.24) is 14.8 Å². The molecule has 0 bridgehead atoms. The minimum Gasteiger partial charge on any atom is -0.375 e. The third-order valence-electron chi connectivity index (χ3n) is 3.79. The van der Waals surface area contributed by atoms with Crippen molar-refractivity contribution in [3.05, 3.63) is 10.6 Å². The van der Waals surface area contributed by atoms with Crippen molar-refractivity contribution < 1.29 is 4.79 Å². The number of aryl methyl sites for hydroxylation is 1. The van der Waals surface area contributed by atoms with E-state index in [1.807, 2.05) is 11.8 Å². The Labute approximate surface area is 118 Å². The number of hydrogen-bond donors (Lipinski definition) is 1. The first kappa shape index (κ1) is 14.3. The van der Waals surface area contributed by atoms with Crippen LogP contribution >= 0.6 is 11.3 Å². The first-order chi connectivity index (χ1) is 9.06. The maximum absolute atomic E-state index is 12.4. The molecule has 1 aromatic rings. The first-order valence-corrected chi connectivity index (χ1v) is 7.64. The minimum absolute atomic E-state index is 0.0846. The topological polar surface area (TPSA) is 62.5 Å². The van der Waals surface area contributed by atoms with E-state index in [9.17, 15) is 4.79 Å². The van der Waals surface area contributed by atoms with Gasteiger partial charge >= 0.3 is 0 Å². The fraction of sp³-hybridized carbons (Fsp3) is 0.692. The minimum atomic E-state index is 0.0846. The number of likely N-dealkylation sites (tertiary alicyclic amines) is 1. The Balaban J connectivity index is 2.04. The number of anilines is 1. The van der Waals surface area contributed by atoms with Crippen LogP contribution in [0.5, 0.6) is 0 Å². The quantitative estimate of drug-likeness (QED) is 0.911. The highest BCUT2D eigenvalue weighted by atomic mass is 32.1. The van der Waals surface area contributed by atoms with Gasteiger partial charge in [0, 0.05) is 19.1 Å². The van der Waals surface area contributed by atoms with Crippen LogP contribution in [-0.2, 0) is 0 Å².